The van der Waals surface area contributed by atoms with Crippen molar-refractivity contribution < 1.29 is 53.1 Å². The van der Waals surface area contributed by atoms with Gasteiger partial charge in [0, 0.05) is 12.0 Å². The van der Waals surface area contributed by atoms with E-state index in [0.717, 1.165) is 13.8 Å². The SMILES string of the molecule is CC1(C)CC(C(F)(F)F)(C(F)(F)F)[N+](=Nc2c(F)c(F)c(F)c(F)c2F)[N-]1. The summed E-state index contributed by atoms with van der Waals surface area (Å²) in [5.41, 5.74) is -6.11. The summed E-state index contributed by atoms with van der Waals surface area (Å²) in [6, 6.07) is 0. The number of alkyl halides is 6. The van der Waals surface area contributed by atoms with Crippen LogP contribution in [0.5, 0.6) is 0 Å². The minimum Gasteiger partial charge on any atom is -0.212 e. The van der Waals surface area contributed by atoms with Crippen molar-refractivity contribution in [3.8, 4) is 0 Å². The van der Waals surface area contributed by atoms with Crippen LogP contribution in [0.1, 0.15) is 20.3 Å². The summed E-state index contributed by atoms with van der Waals surface area (Å²) in [5.74, 6) is -13.2. The molecule has 1 fully saturated rings. The van der Waals surface area contributed by atoms with E-state index in [-0.39, 0.29) is 0 Å². The Morgan fingerprint density at radius 3 is 1.52 bits per heavy atom. The Labute approximate surface area is 143 Å². The summed E-state index contributed by atoms with van der Waals surface area (Å²) in [6.07, 6.45) is -14.0. The van der Waals surface area contributed by atoms with E-state index in [0.29, 0.717) is 0 Å². The maximum Gasteiger partial charge on any atom is 0.466 e. The molecule has 1 aromatic carbocycles. The van der Waals surface area contributed by atoms with Crippen molar-refractivity contribution in [1.82, 2.24) is 0 Å². The first-order chi connectivity index (χ1) is 12.0. The third-order valence-corrected chi connectivity index (χ3v) is 3.71. The topological polar surface area (TPSA) is 29.5 Å². The molecule has 2 rings (SSSR count). The molecule has 0 radical (unpaired) electrons. The van der Waals surface area contributed by atoms with Crippen LogP contribution in [-0.2, 0) is 0 Å². The summed E-state index contributed by atoms with van der Waals surface area (Å²) in [4.78, 5) is -1.08. The second-order valence-corrected chi connectivity index (χ2v) is 6.25. The quantitative estimate of drug-likeness (QED) is 0.240. The first-order valence-electron chi connectivity index (χ1n) is 6.86. The van der Waals surface area contributed by atoms with Gasteiger partial charge in [-0.2, -0.15) is 31.5 Å². The van der Waals surface area contributed by atoms with Crippen molar-refractivity contribution in [1.29, 1.82) is 0 Å². The molecule has 0 saturated carbocycles. The molecule has 27 heavy (non-hydrogen) atoms. The number of azo groups is 1. The third-order valence-electron chi connectivity index (χ3n) is 3.71. The van der Waals surface area contributed by atoms with Gasteiger partial charge in [0.1, 0.15) is 0 Å². The van der Waals surface area contributed by atoms with Gasteiger partial charge < -0.3 is 0 Å². The fourth-order valence-corrected chi connectivity index (χ4v) is 2.55. The lowest BCUT2D eigenvalue weighted by molar-refractivity contribution is -0.679. The largest absolute Gasteiger partial charge is 0.466 e. The number of rotatable bonds is 1. The lowest BCUT2D eigenvalue weighted by Crippen LogP contribution is -2.60. The number of hydrogen-bond donors (Lipinski definition) is 0. The molecule has 14 heteroatoms. The van der Waals surface area contributed by atoms with Crippen LogP contribution < -0.4 is 0 Å². The first kappa shape index (κ1) is 21.2. The van der Waals surface area contributed by atoms with Gasteiger partial charge in [0.15, 0.2) is 23.3 Å². The van der Waals surface area contributed by atoms with E-state index in [1.54, 1.807) is 0 Å². The van der Waals surface area contributed by atoms with Gasteiger partial charge in [-0.05, 0) is 0 Å². The van der Waals surface area contributed by atoms with Gasteiger partial charge in [-0.25, -0.2) is 27.4 Å². The Hall–Kier alpha value is -2.15. The molecule has 1 heterocycles. The molecular weight excluding hydrogens is 407 g/mol. The zero-order valence-corrected chi connectivity index (χ0v) is 13.2. The predicted octanol–water partition coefficient (Wildman–Crippen LogP) is 5.81. The van der Waals surface area contributed by atoms with E-state index >= 15 is 0 Å². The summed E-state index contributed by atoms with van der Waals surface area (Å²) in [6.45, 7) is 1.68. The van der Waals surface area contributed by atoms with E-state index in [1.807, 2.05) is 0 Å². The zero-order chi connectivity index (χ0) is 21.2. The highest BCUT2D eigenvalue weighted by Crippen LogP contribution is 2.57. The van der Waals surface area contributed by atoms with Gasteiger partial charge in [0.25, 0.3) is 0 Å². The molecule has 1 aliphatic rings. The third kappa shape index (κ3) is 3.08. The van der Waals surface area contributed by atoms with Crippen LogP contribution in [0.15, 0.2) is 5.11 Å². The van der Waals surface area contributed by atoms with E-state index in [1.165, 1.54) is 0 Å². The molecular formula is C13H8F11N3. The fourth-order valence-electron chi connectivity index (χ4n) is 2.55. The predicted molar refractivity (Wildman–Crippen MR) is 65.5 cm³/mol. The van der Waals surface area contributed by atoms with Crippen molar-refractivity contribution in [3.63, 3.8) is 0 Å². The highest BCUT2D eigenvalue weighted by Gasteiger charge is 2.82. The summed E-state index contributed by atoms with van der Waals surface area (Å²) in [7, 11) is 0. The maximum atomic E-state index is 13.6. The van der Waals surface area contributed by atoms with E-state index in [9.17, 15) is 48.3 Å². The molecule has 0 N–H and O–H groups in total. The summed E-state index contributed by atoms with van der Waals surface area (Å²) >= 11 is 0. The second kappa shape index (κ2) is 5.92. The van der Waals surface area contributed by atoms with Crippen LogP contribution in [-0.4, -0.2) is 28.2 Å². The average molecular weight is 415 g/mol. The van der Waals surface area contributed by atoms with Crippen molar-refractivity contribution in [3.05, 3.63) is 34.5 Å². The molecule has 1 aromatic rings. The number of halogens is 11. The molecule has 1 saturated heterocycles. The Morgan fingerprint density at radius 2 is 1.15 bits per heavy atom. The van der Waals surface area contributed by atoms with Crippen molar-refractivity contribution >= 4 is 5.69 Å². The van der Waals surface area contributed by atoms with Crippen molar-refractivity contribution in [2.45, 2.75) is 43.7 Å². The minimum absolute atomic E-state index is 0.841. The van der Waals surface area contributed by atoms with Gasteiger partial charge in [0.05, 0.1) is 5.69 Å². The highest BCUT2D eigenvalue weighted by molar-refractivity contribution is 5.41. The van der Waals surface area contributed by atoms with Gasteiger partial charge in [-0.15, -0.1) is 4.81 Å². The highest BCUT2D eigenvalue weighted by atomic mass is 19.4. The molecule has 0 unspecified atom stereocenters. The fraction of sp³-hybridized carbons (Fsp3) is 0.538. The van der Waals surface area contributed by atoms with Crippen LogP contribution in [0.2, 0.25) is 0 Å². The van der Waals surface area contributed by atoms with Gasteiger partial charge >= 0.3 is 17.9 Å². The lowest BCUT2D eigenvalue weighted by Gasteiger charge is -2.29. The zero-order valence-electron chi connectivity index (χ0n) is 13.2. The van der Waals surface area contributed by atoms with Crippen LogP contribution >= 0.6 is 0 Å². The smallest absolute Gasteiger partial charge is 0.212 e. The van der Waals surface area contributed by atoms with E-state index < -0.39 is 69.4 Å². The Kier molecular flexibility index (Phi) is 4.64. The van der Waals surface area contributed by atoms with Gasteiger partial charge in [0.2, 0.25) is 5.82 Å². The van der Waals surface area contributed by atoms with E-state index in [4.69, 9.17) is 0 Å². The van der Waals surface area contributed by atoms with E-state index in [2.05, 4.69) is 10.5 Å². The molecule has 0 atom stereocenters. The summed E-state index contributed by atoms with van der Waals surface area (Å²) in [5, 5.41) is 2.43. The molecule has 3 nitrogen and oxygen atoms in total. The standard InChI is InChI=1S/C13H8F11N3/c1-10(2)3-11(12(19,20)21,13(22,23)24)27(26-10)25-9-7(17)5(15)4(14)6(16)8(9)18/h3H2,1-2H3. The first-order valence-corrected chi connectivity index (χ1v) is 6.86. The Balaban J connectivity index is 2.87. The van der Waals surface area contributed by atoms with Crippen LogP contribution in [0.3, 0.4) is 0 Å². The summed E-state index contributed by atoms with van der Waals surface area (Å²) < 4.78 is 147. The van der Waals surface area contributed by atoms with Gasteiger partial charge in [-0.1, -0.05) is 13.8 Å². The molecule has 0 aliphatic carbocycles. The molecule has 0 amide bonds. The van der Waals surface area contributed by atoms with Crippen LogP contribution in [0.25, 0.3) is 5.43 Å². The Morgan fingerprint density at radius 1 is 0.778 bits per heavy atom. The Bertz CT molecular complexity index is 764. The van der Waals surface area contributed by atoms with Gasteiger partial charge in [-0.3, -0.25) is 0 Å². The maximum absolute atomic E-state index is 13.6. The normalized spacial score (nSPS) is 20.9. The average Bonchev–Trinajstić information content (AvgIpc) is 2.79. The minimum atomic E-state index is -6.10. The molecule has 0 spiro atoms. The lowest BCUT2D eigenvalue weighted by atomic mass is 9.86. The number of benzene rings is 1. The monoisotopic (exact) mass is 415 g/mol. The molecule has 1 aliphatic heterocycles. The molecule has 152 valence electrons. The van der Waals surface area contributed by atoms with Crippen molar-refractivity contribution in [2.75, 3.05) is 0 Å². The number of hydrogen-bond acceptors (Lipinski definition) is 1. The number of nitrogens with zero attached hydrogens (tertiary/aromatic N) is 3. The molecule has 0 aromatic heterocycles. The van der Waals surface area contributed by atoms with Crippen LogP contribution in [0.4, 0.5) is 54.0 Å². The second-order valence-electron chi connectivity index (χ2n) is 6.25. The molecule has 0 bridgehead atoms. The van der Waals surface area contributed by atoms with Crippen molar-refractivity contribution in [2.24, 2.45) is 5.11 Å². The van der Waals surface area contributed by atoms with Crippen LogP contribution in [0, 0.1) is 29.1 Å².